The zero-order chi connectivity index (χ0) is 13.3. The van der Waals surface area contributed by atoms with Crippen LogP contribution in [0.2, 0.25) is 0 Å². The lowest BCUT2D eigenvalue weighted by Crippen LogP contribution is -2.69. The third-order valence-corrected chi connectivity index (χ3v) is 4.25. The van der Waals surface area contributed by atoms with E-state index in [2.05, 4.69) is 5.32 Å². The molecule has 0 aromatic carbocycles. The maximum atomic E-state index is 12.6. The number of hydrogen-bond acceptors (Lipinski definition) is 3. The fourth-order valence-electron chi connectivity index (χ4n) is 2.23. The van der Waals surface area contributed by atoms with Gasteiger partial charge in [-0.2, -0.15) is 11.3 Å². The summed E-state index contributed by atoms with van der Waals surface area (Å²) >= 11 is 1.53. The molecule has 2 heterocycles. The second kappa shape index (κ2) is 4.72. The van der Waals surface area contributed by atoms with Crippen molar-refractivity contribution < 1.29 is 9.59 Å². The molecule has 4 nitrogen and oxygen atoms in total. The SMILES string of the molecule is CCC1C(=O)NC(C)(CC)C(=O)N1c1ccsc1. The molecule has 2 amide bonds. The molecule has 2 rings (SSSR count). The lowest BCUT2D eigenvalue weighted by atomic mass is 9.91. The first-order valence-electron chi connectivity index (χ1n) is 6.21. The van der Waals surface area contributed by atoms with Crippen molar-refractivity contribution in [3.05, 3.63) is 16.8 Å². The van der Waals surface area contributed by atoms with Crippen LogP contribution in [0, 0.1) is 0 Å². The Balaban J connectivity index is 2.44. The van der Waals surface area contributed by atoms with E-state index in [1.807, 2.05) is 30.7 Å². The molecule has 1 aliphatic heterocycles. The van der Waals surface area contributed by atoms with Crippen LogP contribution in [0.3, 0.4) is 0 Å². The minimum Gasteiger partial charge on any atom is -0.340 e. The van der Waals surface area contributed by atoms with E-state index >= 15 is 0 Å². The van der Waals surface area contributed by atoms with Gasteiger partial charge < -0.3 is 5.32 Å². The number of carbonyl (C=O) groups excluding carboxylic acids is 2. The van der Waals surface area contributed by atoms with E-state index in [0.717, 1.165) is 5.69 Å². The fourth-order valence-corrected chi connectivity index (χ4v) is 2.86. The molecule has 0 aliphatic carbocycles. The van der Waals surface area contributed by atoms with Gasteiger partial charge in [-0.25, -0.2) is 0 Å². The van der Waals surface area contributed by atoms with Crippen LogP contribution < -0.4 is 10.2 Å². The van der Waals surface area contributed by atoms with E-state index in [0.29, 0.717) is 12.8 Å². The number of nitrogens with zero attached hydrogens (tertiary/aromatic N) is 1. The van der Waals surface area contributed by atoms with Crippen molar-refractivity contribution >= 4 is 28.8 Å². The van der Waals surface area contributed by atoms with Crippen molar-refractivity contribution in [2.75, 3.05) is 4.90 Å². The van der Waals surface area contributed by atoms with Gasteiger partial charge in [0.05, 0.1) is 5.69 Å². The van der Waals surface area contributed by atoms with Crippen molar-refractivity contribution in [3.8, 4) is 0 Å². The van der Waals surface area contributed by atoms with E-state index in [1.165, 1.54) is 11.3 Å². The molecule has 0 radical (unpaired) electrons. The summed E-state index contributed by atoms with van der Waals surface area (Å²) in [5.41, 5.74) is 0.0383. The highest BCUT2D eigenvalue weighted by molar-refractivity contribution is 7.08. The largest absolute Gasteiger partial charge is 0.340 e. The third kappa shape index (κ3) is 1.92. The quantitative estimate of drug-likeness (QED) is 0.911. The predicted octanol–water partition coefficient (Wildman–Crippen LogP) is 2.16. The van der Waals surface area contributed by atoms with Crippen LogP contribution in [0.15, 0.2) is 16.8 Å². The first kappa shape index (κ1) is 13.1. The maximum Gasteiger partial charge on any atom is 0.253 e. The van der Waals surface area contributed by atoms with Gasteiger partial charge in [0.15, 0.2) is 0 Å². The Labute approximate surface area is 111 Å². The van der Waals surface area contributed by atoms with Crippen LogP contribution in [0.4, 0.5) is 5.69 Å². The Hall–Kier alpha value is -1.36. The number of hydrogen-bond donors (Lipinski definition) is 1. The number of thiophene rings is 1. The molecule has 1 N–H and O–H groups in total. The summed E-state index contributed by atoms with van der Waals surface area (Å²) in [5.74, 6) is -0.0810. The fraction of sp³-hybridized carbons (Fsp3) is 0.538. The first-order valence-corrected chi connectivity index (χ1v) is 7.15. The molecular formula is C13H18N2O2S. The van der Waals surface area contributed by atoms with Gasteiger partial charge in [0, 0.05) is 5.38 Å². The highest BCUT2D eigenvalue weighted by Crippen LogP contribution is 2.29. The molecule has 1 aromatic rings. The number of piperazine rings is 1. The van der Waals surface area contributed by atoms with E-state index < -0.39 is 11.6 Å². The third-order valence-electron chi connectivity index (χ3n) is 3.58. The lowest BCUT2D eigenvalue weighted by Gasteiger charge is -2.43. The Morgan fingerprint density at radius 1 is 1.44 bits per heavy atom. The monoisotopic (exact) mass is 266 g/mol. The Morgan fingerprint density at radius 3 is 2.67 bits per heavy atom. The average Bonchev–Trinajstić information content (AvgIpc) is 2.86. The van der Waals surface area contributed by atoms with Gasteiger partial charge in [-0.3, -0.25) is 14.5 Å². The maximum absolute atomic E-state index is 12.6. The topological polar surface area (TPSA) is 49.4 Å². The molecule has 5 heteroatoms. The molecule has 0 spiro atoms. The first-order chi connectivity index (χ1) is 8.53. The van der Waals surface area contributed by atoms with Crippen LogP contribution >= 0.6 is 11.3 Å². The van der Waals surface area contributed by atoms with Gasteiger partial charge >= 0.3 is 0 Å². The van der Waals surface area contributed by atoms with Crippen molar-refractivity contribution in [2.45, 2.75) is 45.2 Å². The number of amides is 2. The average molecular weight is 266 g/mol. The molecule has 0 bridgehead atoms. The highest BCUT2D eigenvalue weighted by Gasteiger charge is 2.46. The highest BCUT2D eigenvalue weighted by atomic mass is 32.1. The van der Waals surface area contributed by atoms with Gasteiger partial charge in [-0.15, -0.1) is 0 Å². The zero-order valence-corrected chi connectivity index (χ0v) is 11.7. The van der Waals surface area contributed by atoms with E-state index in [4.69, 9.17) is 0 Å². The van der Waals surface area contributed by atoms with E-state index in [-0.39, 0.29) is 11.8 Å². The van der Waals surface area contributed by atoms with Crippen LogP contribution in [-0.2, 0) is 9.59 Å². The minimum atomic E-state index is -0.787. The number of carbonyl (C=O) groups is 2. The minimum absolute atomic E-state index is 0.0187. The van der Waals surface area contributed by atoms with Crippen molar-refractivity contribution in [2.24, 2.45) is 0 Å². The molecule has 2 unspecified atom stereocenters. The Bertz CT molecular complexity index is 458. The molecule has 1 saturated heterocycles. The number of anilines is 1. The lowest BCUT2D eigenvalue weighted by molar-refractivity contribution is -0.138. The van der Waals surface area contributed by atoms with E-state index in [9.17, 15) is 9.59 Å². The molecule has 0 saturated carbocycles. The predicted molar refractivity (Wildman–Crippen MR) is 72.7 cm³/mol. The standard InChI is InChI=1S/C13H18N2O2S/c1-4-10-11(16)14-13(3,5-2)12(17)15(10)9-6-7-18-8-9/h6-8,10H,4-5H2,1-3H3,(H,14,16). The second-order valence-electron chi connectivity index (χ2n) is 4.76. The molecule has 2 atom stereocenters. The summed E-state index contributed by atoms with van der Waals surface area (Å²) in [7, 11) is 0. The molecule has 1 fully saturated rings. The molecule has 1 aromatic heterocycles. The van der Waals surface area contributed by atoms with Gasteiger partial charge in [-0.05, 0) is 31.2 Å². The van der Waals surface area contributed by atoms with Crippen LogP contribution in [0.5, 0.6) is 0 Å². The second-order valence-corrected chi connectivity index (χ2v) is 5.54. The normalized spacial score (nSPS) is 28.4. The number of rotatable bonds is 3. The number of nitrogens with one attached hydrogen (secondary N) is 1. The van der Waals surface area contributed by atoms with Crippen molar-refractivity contribution in [3.63, 3.8) is 0 Å². The summed E-state index contributed by atoms with van der Waals surface area (Å²) in [6.07, 6.45) is 1.21. The summed E-state index contributed by atoms with van der Waals surface area (Å²) < 4.78 is 0. The smallest absolute Gasteiger partial charge is 0.253 e. The van der Waals surface area contributed by atoms with Gasteiger partial charge in [0.25, 0.3) is 5.91 Å². The molecule has 98 valence electrons. The summed E-state index contributed by atoms with van der Waals surface area (Å²) in [6.45, 7) is 5.63. The zero-order valence-electron chi connectivity index (χ0n) is 10.9. The van der Waals surface area contributed by atoms with Crippen molar-refractivity contribution in [1.82, 2.24) is 5.32 Å². The molecular weight excluding hydrogens is 248 g/mol. The van der Waals surface area contributed by atoms with Gasteiger partial charge in [0.2, 0.25) is 5.91 Å². The van der Waals surface area contributed by atoms with Gasteiger partial charge in [-0.1, -0.05) is 13.8 Å². The van der Waals surface area contributed by atoms with Crippen molar-refractivity contribution in [1.29, 1.82) is 0 Å². The molecule has 1 aliphatic rings. The Morgan fingerprint density at radius 2 is 2.17 bits per heavy atom. The van der Waals surface area contributed by atoms with Crippen LogP contribution in [0.25, 0.3) is 0 Å². The summed E-state index contributed by atoms with van der Waals surface area (Å²) in [5, 5.41) is 6.69. The van der Waals surface area contributed by atoms with Crippen LogP contribution in [0.1, 0.15) is 33.6 Å². The Kier molecular flexibility index (Phi) is 3.43. The van der Waals surface area contributed by atoms with Crippen LogP contribution in [-0.4, -0.2) is 23.4 Å². The van der Waals surface area contributed by atoms with Gasteiger partial charge in [0.1, 0.15) is 11.6 Å². The molecule has 18 heavy (non-hydrogen) atoms. The van der Waals surface area contributed by atoms with E-state index in [1.54, 1.807) is 11.8 Å². The summed E-state index contributed by atoms with van der Waals surface area (Å²) in [4.78, 5) is 26.4. The summed E-state index contributed by atoms with van der Waals surface area (Å²) in [6, 6.07) is 1.49.